The van der Waals surface area contributed by atoms with Gasteiger partial charge in [0.2, 0.25) is 0 Å². The first-order valence-corrected chi connectivity index (χ1v) is 12.9. The molecule has 0 aliphatic rings. The number of pyridine rings is 1. The average molecular weight is 554 g/mol. The largest absolute Gasteiger partial charge is 0.489 e. The zero-order chi connectivity index (χ0) is 29.0. The Hall–Kier alpha value is -4.91. The number of carbonyl (C=O) groups is 1. The summed E-state index contributed by atoms with van der Waals surface area (Å²) in [5.41, 5.74) is 5.15. The SMILES string of the molecule is Cc1ccccc1Cc1cnc2c(C(F)(F)F)cccc2c1-c1cccc(OCc2ccc(/C=C/C(=O)O)cc2)c1. The third-order valence-electron chi connectivity index (χ3n) is 6.85. The smallest absolute Gasteiger partial charge is 0.418 e. The summed E-state index contributed by atoms with van der Waals surface area (Å²) >= 11 is 0. The number of hydrogen-bond donors (Lipinski definition) is 1. The lowest BCUT2D eigenvalue weighted by Gasteiger charge is -2.17. The maximum Gasteiger partial charge on any atom is 0.418 e. The molecule has 0 radical (unpaired) electrons. The van der Waals surface area contributed by atoms with E-state index in [2.05, 4.69) is 4.98 Å². The molecule has 0 aliphatic heterocycles. The molecule has 1 aromatic heterocycles. The van der Waals surface area contributed by atoms with Crippen molar-refractivity contribution >= 4 is 22.9 Å². The van der Waals surface area contributed by atoms with E-state index in [1.807, 2.05) is 61.5 Å². The third-order valence-corrected chi connectivity index (χ3v) is 6.85. The van der Waals surface area contributed by atoms with Crippen LogP contribution in [0, 0.1) is 6.92 Å². The molecule has 0 fully saturated rings. The molecule has 41 heavy (non-hydrogen) atoms. The molecule has 1 N–H and O–H groups in total. The van der Waals surface area contributed by atoms with Gasteiger partial charge < -0.3 is 9.84 Å². The molecule has 0 bridgehead atoms. The van der Waals surface area contributed by atoms with Gasteiger partial charge >= 0.3 is 12.1 Å². The fraction of sp³-hybridized carbons (Fsp3) is 0.118. The maximum atomic E-state index is 13.9. The van der Waals surface area contributed by atoms with Gasteiger partial charge in [-0.25, -0.2) is 4.79 Å². The molecule has 0 aliphatic carbocycles. The number of para-hydroxylation sites is 1. The monoisotopic (exact) mass is 553 g/mol. The molecule has 0 saturated carbocycles. The van der Waals surface area contributed by atoms with Crippen LogP contribution in [0.3, 0.4) is 0 Å². The molecular formula is C34H26F3NO3. The lowest BCUT2D eigenvalue weighted by Crippen LogP contribution is -2.07. The summed E-state index contributed by atoms with van der Waals surface area (Å²) < 4.78 is 47.7. The normalized spacial score (nSPS) is 11.7. The summed E-state index contributed by atoms with van der Waals surface area (Å²) in [4.78, 5) is 15.0. The Morgan fingerprint density at radius 2 is 1.68 bits per heavy atom. The van der Waals surface area contributed by atoms with E-state index in [4.69, 9.17) is 9.84 Å². The number of benzene rings is 4. The van der Waals surface area contributed by atoms with Crippen molar-refractivity contribution in [1.29, 1.82) is 0 Å². The van der Waals surface area contributed by atoms with Crippen LogP contribution in [0.25, 0.3) is 28.1 Å². The minimum absolute atomic E-state index is 0.0908. The minimum Gasteiger partial charge on any atom is -0.489 e. The number of halogens is 3. The lowest BCUT2D eigenvalue weighted by molar-refractivity contribution is -0.136. The Bertz CT molecular complexity index is 1740. The summed E-state index contributed by atoms with van der Waals surface area (Å²) in [6.45, 7) is 2.27. The van der Waals surface area contributed by atoms with Crippen LogP contribution in [-0.2, 0) is 24.0 Å². The second-order valence-corrected chi connectivity index (χ2v) is 9.69. The van der Waals surface area contributed by atoms with Gasteiger partial charge in [-0.3, -0.25) is 4.98 Å². The Balaban J connectivity index is 1.52. The molecule has 0 unspecified atom stereocenters. The molecule has 5 rings (SSSR count). The summed E-state index contributed by atoms with van der Waals surface area (Å²) in [6, 6.07) is 26.7. The highest BCUT2D eigenvalue weighted by Gasteiger charge is 2.33. The van der Waals surface area contributed by atoms with Gasteiger partial charge in [-0.1, -0.05) is 72.8 Å². The number of aliphatic carboxylic acids is 1. The van der Waals surface area contributed by atoms with E-state index in [1.54, 1.807) is 30.5 Å². The van der Waals surface area contributed by atoms with E-state index in [1.165, 1.54) is 12.1 Å². The van der Waals surface area contributed by atoms with Gasteiger partial charge in [-0.15, -0.1) is 0 Å². The van der Waals surface area contributed by atoms with Crippen molar-refractivity contribution < 1.29 is 27.8 Å². The van der Waals surface area contributed by atoms with Crippen molar-refractivity contribution in [3.63, 3.8) is 0 Å². The van der Waals surface area contributed by atoms with E-state index in [0.717, 1.165) is 45.5 Å². The molecule has 0 atom stereocenters. The predicted molar refractivity (Wildman–Crippen MR) is 154 cm³/mol. The summed E-state index contributed by atoms with van der Waals surface area (Å²) in [6.07, 6.45) is 0.104. The van der Waals surface area contributed by atoms with Crippen LogP contribution in [0.5, 0.6) is 5.75 Å². The molecule has 4 aromatic carbocycles. The third kappa shape index (κ3) is 6.47. The number of ether oxygens (including phenoxy) is 1. The van der Waals surface area contributed by atoms with Crippen LogP contribution in [0.15, 0.2) is 103 Å². The topological polar surface area (TPSA) is 59.4 Å². The Morgan fingerprint density at radius 1 is 0.927 bits per heavy atom. The Kier molecular flexibility index (Phi) is 7.88. The van der Waals surface area contributed by atoms with Gasteiger partial charge in [0.1, 0.15) is 12.4 Å². The fourth-order valence-corrected chi connectivity index (χ4v) is 4.78. The molecule has 5 aromatic rings. The Morgan fingerprint density at radius 3 is 2.41 bits per heavy atom. The first-order chi connectivity index (χ1) is 19.7. The molecule has 206 valence electrons. The van der Waals surface area contributed by atoms with Gasteiger partial charge in [0, 0.05) is 17.7 Å². The molecule has 1 heterocycles. The van der Waals surface area contributed by atoms with Crippen LogP contribution in [0.2, 0.25) is 0 Å². The van der Waals surface area contributed by atoms with E-state index < -0.39 is 17.7 Å². The highest BCUT2D eigenvalue weighted by atomic mass is 19.4. The van der Waals surface area contributed by atoms with Crippen molar-refractivity contribution in [1.82, 2.24) is 4.98 Å². The van der Waals surface area contributed by atoms with E-state index in [0.29, 0.717) is 23.1 Å². The number of aromatic nitrogens is 1. The standard InChI is InChI=1S/C34H26F3NO3/c1-22-6-2-3-7-25(22)18-27-20-38-33-29(10-5-11-30(33)34(35,36)37)32(27)26-8-4-9-28(19-26)41-21-24-14-12-23(13-15-24)16-17-31(39)40/h2-17,19-20H,18,21H2,1H3,(H,39,40)/b17-16+. The van der Waals surface area contributed by atoms with Crippen molar-refractivity contribution in [3.8, 4) is 16.9 Å². The predicted octanol–water partition coefficient (Wildman–Crippen LogP) is 8.50. The zero-order valence-corrected chi connectivity index (χ0v) is 22.2. The quantitative estimate of drug-likeness (QED) is 0.196. The van der Waals surface area contributed by atoms with Crippen LogP contribution < -0.4 is 4.74 Å². The van der Waals surface area contributed by atoms with Crippen LogP contribution in [-0.4, -0.2) is 16.1 Å². The molecule has 7 heteroatoms. The summed E-state index contributed by atoms with van der Waals surface area (Å²) in [5.74, 6) is -0.452. The molecule has 0 amide bonds. The number of carboxylic acid groups (broad SMARTS) is 1. The van der Waals surface area contributed by atoms with Crippen molar-refractivity contribution in [2.24, 2.45) is 0 Å². The highest BCUT2D eigenvalue weighted by molar-refractivity contribution is 5.98. The van der Waals surface area contributed by atoms with Crippen molar-refractivity contribution in [3.05, 3.63) is 137 Å². The molecule has 0 saturated heterocycles. The minimum atomic E-state index is -4.54. The van der Waals surface area contributed by atoms with Crippen LogP contribution in [0.1, 0.15) is 33.4 Å². The zero-order valence-electron chi connectivity index (χ0n) is 22.2. The van der Waals surface area contributed by atoms with Crippen molar-refractivity contribution in [2.45, 2.75) is 26.1 Å². The second kappa shape index (κ2) is 11.7. The van der Waals surface area contributed by atoms with Gasteiger partial charge in [-0.05, 0) is 76.6 Å². The lowest BCUT2D eigenvalue weighted by atomic mass is 9.91. The maximum absolute atomic E-state index is 13.9. The molecule has 0 spiro atoms. The number of aryl methyl sites for hydroxylation is 1. The van der Waals surface area contributed by atoms with E-state index >= 15 is 0 Å². The van der Waals surface area contributed by atoms with Crippen molar-refractivity contribution in [2.75, 3.05) is 0 Å². The average Bonchev–Trinajstić information content (AvgIpc) is 2.96. The number of nitrogens with zero attached hydrogens (tertiary/aromatic N) is 1. The van der Waals surface area contributed by atoms with Gasteiger partial charge in [0.25, 0.3) is 0 Å². The Labute approximate surface area is 235 Å². The first kappa shape index (κ1) is 27.6. The fourth-order valence-electron chi connectivity index (χ4n) is 4.78. The second-order valence-electron chi connectivity index (χ2n) is 9.69. The van der Waals surface area contributed by atoms with Gasteiger partial charge in [-0.2, -0.15) is 13.2 Å². The van der Waals surface area contributed by atoms with Gasteiger partial charge in [0.15, 0.2) is 0 Å². The van der Waals surface area contributed by atoms with Crippen LogP contribution >= 0.6 is 0 Å². The number of rotatable bonds is 8. The van der Waals surface area contributed by atoms with Gasteiger partial charge in [0.05, 0.1) is 11.1 Å². The summed E-state index contributed by atoms with van der Waals surface area (Å²) in [5, 5.41) is 9.22. The number of hydrogen-bond acceptors (Lipinski definition) is 3. The van der Waals surface area contributed by atoms with E-state index in [-0.39, 0.29) is 12.1 Å². The molecule has 4 nitrogen and oxygen atoms in total. The number of carboxylic acids is 1. The summed E-state index contributed by atoms with van der Waals surface area (Å²) in [7, 11) is 0. The highest BCUT2D eigenvalue weighted by Crippen LogP contribution is 2.39. The number of alkyl halides is 3. The van der Waals surface area contributed by atoms with Crippen LogP contribution in [0.4, 0.5) is 13.2 Å². The number of fused-ring (bicyclic) bond motifs is 1. The molecular weight excluding hydrogens is 527 g/mol. The van der Waals surface area contributed by atoms with E-state index in [9.17, 15) is 18.0 Å². The first-order valence-electron chi connectivity index (χ1n) is 12.9.